The normalized spacial score (nSPS) is 18.3. The van der Waals surface area contributed by atoms with Crippen LogP contribution in [0, 0.1) is 12.8 Å². The number of aryl methyl sites for hydroxylation is 1. The maximum Gasteiger partial charge on any atom is 0.317 e. The smallest absolute Gasteiger partial charge is 0.317 e. The van der Waals surface area contributed by atoms with E-state index in [0.717, 1.165) is 51.3 Å². The molecule has 144 valence electrons. The van der Waals surface area contributed by atoms with Crippen molar-refractivity contribution >= 4 is 6.03 Å². The van der Waals surface area contributed by atoms with E-state index < -0.39 is 0 Å². The molecule has 0 atom stereocenters. The van der Waals surface area contributed by atoms with Gasteiger partial charge in [-0.3, -0.25) is 0 Å². The molecule has 2 amide bonds. The Morgan fingerprint density at radius 3 is 2.70 bits per heavy atom. The first-order chi connectivity index (χ1) is 13.2. The van der Waals surface area contributed by atoms with Gasteiger partial charge in [0.15, 0.2) is 0 Å². The maximum atomic E-state index is 12.3. The molecule has 3 heterocycles. The molecule has 1 N–H and O–H groups in total. The number of urea groups is 1. The molecular formula is C21H28N4O2. The maximum absolute atomic E-state index is 12.3. The highest BCUT2D eigenvalue weighted by Gasteiger charge is 2.32. The van der Waals surface area contributed by atoms with Gasteiger partial charge in [-0.2, -0.15) is 0 Å². The molecule has 27 heavy (non-hydrogen) atoms. The molecule has 4 rings (SSSR count). The summed E-state index contributed by atoms with van der Waals surface area (Å²) in [5, 5.41) is 3.01. The molecular weight excluding hydrogens is 340 g/mol. The highest BCUT2D eigenvalue weighted by molar-refractivity contribution is 5.75. The summed E-state index contributed by atoms with van der Waals surface area (Å²) < 4.78 is 7.85. The van der Waals surface area contributed by atoms with Crippen LogP contribution in [0.15, 0.2) is 36.5 Å². The number of aromatic nitrogens is 2. The average Bonchev–Trinajstić information content (AvgIpc) is 3.04. The predicted molar refractivity (Wildman–Crippen MR) is 103 cm³/mol. The van der Waals surface area contributed by atoms with Crippen molar-refractivity contribution in [1.29, 1.82) is 0 Å². The number of nitrogens with one attached hydrogen (secondary N) is 1. The van der Waals surface area contributed by atoms with Crippen LogP contribution in [0.4, 0.5) is 4.79 Å². The van der Waals surface area contributed by atoms with Gasteiger partial charge in [0.25, 0.3) is 0 Å². The second kappa shape index (κ2) is 8.13. The number of likely N-dealkylation sites (tertiary alicyclic amines) is 1. The first-order valence-corrected chi connectivity index (χ1v) is 9.87. The predicted octanol–water partition coefficient (Wildman–Crippen LogP) is 2.93. The molecule has 1 aromatic carbocycles. The lowest BCUT2D eigenvalue weighted by molar-refractivity contribution is 0.0807. The molecule has 1 aromatic heterocycles. The van der Waals surface area contributed by atoms with Crippen LogP contribution in [0.1, 0.15) is 35.8 Å². The summed E-state index contributed by atoms with van der Waals surface area (Å²) in [5.74, 6) is 2.19. The average molecular weight is 368 g/mol. The van der Waals surface area contributed by atoms with Crippen LogP contribution in [-0.4, -0.2) is 46.8 Å². The van der Waals surface area contributed by atoms with E-state index >= 15 is 0 Å². The fourth-order valence-corrected chi connectivity index (χ4v) is 3.99. The Morgan fingerprint density at radius 2 is 1.96 bits per heavy atom. The number of benzene rings is 1. The number of amides is 2. The summed E-state index contributed by atoms with van der Waals surface area (Å²) in [7, 11) is 0. The zero-order chi connectivity index (χ0) is 18.6. The van der Waals surface area contributed by atoms with E-state index in [0.29, 0.717) is 18.4 Å². The molecule has 0 bridgehead atoms. The number of rotatable bonds is 5. The van der Waals surface area contributed by atoms with E-state index in [1.165, 1.54) is 11.5 Å². The first kappa shape index (κ1) is 18.0. The molecule has 2 aliphatic heterocycles. The van der Waals surface area contributed by atoms with Crippen LogP contribution in [0.25, 0.3) is 0 Å². The standard InChI is InChI=1S/C21H28N4O2/c1-16-11-22-20(19-7-9-27-10-8-19)25(16)15-18-13-24(14-18)21(26)23-12-17-5-3-2-4-6-17/h2-6,11,18-19H,7-10,12-15H2,1H3,(H,23,26). The van der Waals surface area contributed by atoms with Crippen molar-refractivity contribution in [2.45, 2.75) is 38.8 Å². The van der Waals surface area contributed by atoms with Crippen molar-refractivity contribution in [2.24, 2.45) is 5.92 Å². The second-order valence-corrected chi connectivity index (χ2v) is 7.67. The molecule has 2 aliphatic rings. The highest BCUT2D eigenvalue weighted by Crippen LogP contribution is 2.28. The number of nitrogens with zero attached hydrogens (tertiary/aromatic N) is 3. The van der Waals surface area contributed by atoms with Gasteiger partial charge in [0.2, 0.25) is 0 Å². The molecule has 0 spiro atoms. The van der Waals surface area contributed by atoms with E-state index in [1.807, 2.05) is 41.4 Å². The van der Waals surface area contributed by atoms with Crippen molar-refractivity contribution in [2.75, 3.05) is 26.3 Å². The van der Waals surface area contributed by atoms with Gasteiger partial charge in [0, 0.05) is 63.1 Å². The Kier molecular flexibility index (Phi) is 5.43. The summed E-state index contributed by atoms with van der Waals surface area (Å²) in [6.45, 7) is 6.93. The van der Waals surface area contributed by atoms with Gasteiger partial charge in [0.1, 0.15) is 5.82 Å². The van der Waals surface area contributed by atoms with Crippen LogP contribution in [0.5, 0.6) is 0 Å². The number of hydrogen-bond acceptors (Lipinski definition) is 3. The van der Waals surface area contributed by atoms with Crippen LogP contribution in [-0.2, 0) is 17.8 Å². The zero-order valence-corrected chi connectivity index (χ0v) is 15.9. The molecule has 6 nitrogen and oxygen atoms in total. The second-order valence-electron chi connectivity index (χ2n) is 7.67. The summed E-state index contributed by atoms with van der Waals surface area (Å²) in [6.07, 6.45) is 4.08. The van der Waals surface area contributed by atoms with Crippen molar-refractivity contribution in [3.63, 3.8) is 0 Å². The minimum Gasteiger partial charge on any atom is -0.381 e. The SMILES string of the molecule is Cc1cnc(C2CCOCC2)n1CC1CN(C(=O)NCc2ccccc2)C1. The largest absolute Gasteiger partial charge is 0.381 e. The highest BCUT2D eigenvalue weighted by atomic mass is 16.5. The fourth-order valence-electron chi connectivity index (χ4n) is 3.99. The molecule has 0 unspecified atom stereocenters. The topological polar surface area (TPSA) is 59.4 Å². The van der Waals surface area contributed by atoms with Crippen molar-refractivity contribution in [1.82, 2.24) is 19.8 Å². The van der Waals surface area contributed by atoms with E-state index in [4.69, 9.17) is 4.74 Å². The van der Waals surface area contributed by atoms with Crippen LogP contribution < -0.4 is 5.32 Å². The number of carbonyl (C=O) groups excluding carboxylic acids is 1. The lowest BCUT2D eigenvalue weighted by atomic mass is 9.97. The number of imidazole rings is 1. The Labute approximate surface area is 160 Å². The summed E-state index contributed by atoms with van der Waals surface area (Å²) in [4.78, 5) is 18.9. The van der Waals surface area contributed by atoms with Crippen molar-refractivity contribution < 1.29 is 9.53 Å². The van der Waals surface area contributed by atoms with Crippen LogP contribution >= 0.6 is 0 Å². The van der Waals surface area contributed by atoms with Crippen LogP contribution in [0.3, 0.4) is 0 Å². The Bertz CT molecular complexity index is 762. The third-order valence-corrected chi connectivity index (χ3v) is 5.64. The summed E-state index contributed by atoms with van der Waals surface area (Å²) in [6, 6.07) is 10.0. The van der Waals surface area contributed by atoms with Gasteiger partial charge in [-0.1, -0.05) is 30.3 Å². The van der Waals surface area contributed by atoms with Gasteiger partial charge in [0.05, 0.1) is 0 Å². The van der Waals surface area contributed by atoms with Gasteiger partial charge in [-0.25, -0.2) is 9.78 Å². The minimum atomic E-state index is 0.0297. The van der Waals surface area contributed by atoms with E-state index in [-0.39, 0.29) is 6.03 Å². The molecule has 0 radical (unpaired) electrons. The number of ether oxygens (including phenoxy) is 1. The molecule has 0 saturated carbocycles. The molecule has 2 saturated heterocycles. The Balaban J connectivity index is 1.28. The van der Waals surface area contributed by atoms with Gasteiger partial charge in [-0.05, 0) is 25.3 Å². The molecule has 2 aromatic rings. The number of hydrogen-bond donors (Lipinski definition) is 1. The van der Waals surface area contributed by atoms with Crippen molar-refractivity contribution in [3.05, 3.63) is 53.6 Å². The molecule has 2 fully saturated rings. The lowest BCUT2D eigenvalue weighted by Crippen LogP contribution is -2.54. The third kappa shape index (κ3) is 4.16. The Hall–Kier alpha value is -2.34. The van der Waals surface area contributed by atoms with E-state index in [2.05, 4.69) is 21.8 Å². The van der Waals surface area contributed by atoms with E-state index in [9.17, 15) is 4.79 Å². The van der Waals surface area contributed by atoms with Crippen LogP contribution in [0.2, 0.25) is 0 Å². The quantitative estimate of drug-likeness (QED) is 0.883. The third-order valence-electron chi connectivity index (χ3n) is 5.64. The Morgan fingerprint density at radius 1 is 1.22 bits per heavy atom. The molecule has 0 aliphatic carbocycles. The van der Waals surface area contributed by atoms with Gasteiger partial charge in [-0.15, -0.1) is 0 Å². The van der Waals surface area contributed by atoms with Gasteiger partial charge < -0.3 is 19.5 Å². The monoisotopic (exact) mass is 368 g/mol. The summed E-state index contributed by atoms with van der Waals surface area (Å²) >= 11 is 0. The minimum absolute atomic E-state index is 0.0297. The number of carbonyl (C=O) groups is 1. The molecule has 6 heteroatoms. The van der Waals surface area contributed by atoms with Gasteiger partial charge >= 0.3 is 6.03 Å². The first-order valence-electron chi connectivity index (χ1n) is 9.87. The lowest BCUT2D eigenvalue weighted by Gasteiger charge is -2.40. The fraction of sp³-hybridized carbons (Fsp3) is 0.524. The summed E-state index contributed by atoms with van der Waals surface area (Å²) in [5.41, 5.74) is 2.33. The van der Waals surface area contributed by atoms with E-state index in [1.54, 1.807) is 0 Å². The zero-order valence-electron chi connectivity index (χ0n) is 15.9. The van der Waals surface area contributed by atoms with Crippen molar-refractivity contribution in [3.8, 4) is 0 Å².